The standard InChI is InChI=1S/C26H25BrF2N2O5/c1-15-6-7-17(25(32)30-36-23-5-3-4-10-34-23)12-21(15)31-16(2)11-22(24(27)26(31)33)35-14-18-8-9-19(28)13-20(18)29/h6-9,11-13,23H,3-5,10,14H2,1-2H3,(H,30,32). The molecule has 1 fully saturated rings. The molecule has 1 aliphatic rings. The summed E-state index contributed by atoms with van der Waals surface area (Å²) >= 11 is 3.28. The van der Waals surface area contributed by atoms with Crippen molar-refractivity contribution in [1.82, 2.24) is 10.0 Å². The van der Waals surface area contributed by atoms with Gasteiger partial charge in [0.1, 0.15) is 28.5 Å². The fourth-order valence-corrected chi connectivity index (χ4v) is 4.26. The molecule has 1 saturated heterocycles. The van der Waals surface area contributed by atoms with Crippen molar-refractivity contribution >= 4 is 21.8 Å². The van der Waals surface area contributed by atoms with Crippen LogP contribution in [0.2, 0.25) is 0 Å². The molecule has 0 bridgehead atoms. The van der Waals surface area contributed by atoms with Crippen LogP contribution in [-0.2, 0) is 16.2 Å². The fraction of sp³-hybridized carbons (Fsp3) is 0.308. The van der Waals surface area contributed by atoms with Gasteiger partial charge in [-0.15, -0.1) is 0 Å². The molecular weight excluding hydrogens is 538 g/mol. The molecule has 1 unspecified atom stereocenters. The van der Waals surface area contributed by atoms with Crippen LogP contribution in [0, 0.1) is 25.5 Å². The number of benzene rings is 2. The van der Waals surface area contributed by atoms with Gasteiger partial charge in [0.05, 0.1) is 5.69 Å². The number of pyridine rings is 1. The van der Waals surface area contributed by atoms with Crippen LogP contribution in [0.3, 0.4) is 0 Å². The van der Waals surface area contributed by atoms with Crippen LogP contribution in [-0.4, -0.2) is 23.4 Å². The number of nitrogens with zero attached hydrogens (tertiary/aromatic N) is 1. The maximum atomic E-state index is 14.0. The Morgan fingerprint density at radius 3 is 2.69 bits per heavy atom. The van der Waals surface area contributed by atoms with Gasteiger partial charge in [-0.2, -0.15) is 0 Å². The third-order valence-corrected chi connectivity index (χ3v) is 6.56. The molecule has 1 atom stereocenters. The second kappa shape index (κ2) is 11.3. The van der Waals surface area contributed by atoms with Gasteiger partial charge in [0, 0.05) is 42.0 Å². The SMILES string of the molecule is Cc1ccc(C(=O)NOC2CCCCO2)cc1-n1c(C)cc(OCc2ccc(F)cc2F)c(Br)c1=O. The number of carbonyl (C=O) groups is 1. The van der Waals surface area contributed by atoms with Crippen LogP contribution in [0.1, 0.15) is 46.4 Å². The number of aromatic nitrogens is 1. The average molecular weight is 563 g/mol. The highest BCUT2D eigenvalue weighted by molar-refractivity contribution is 9.10. The van der Waals surface area contributed by atoms with Crippen molar-refractivity contribution in [2.45, 2.75) is 46.0 Å². The van der Waals surface area contributed by atoms with Crippen LogP contribution >= 0.6 is 15.9 Å². The minimum absolute atomic E-state index is 0.127. The first-order chi connectivity index (χ1) is 17.2. The Morgan fingerprint density at radius 2 is 1.97 bits per heavy atom. The molecule has 1 amide bonds. The highest BCUT2D eigenvalue weighted by Crippen LogP contribution is 2.27. The minimum Gasteiger partial charge on any atom is -0.487 e. The van der Waals surface area contributed by atoms with Gasteiger partial charge < -0.3 is 9.47 Å². The van der Waals surface area contributed by atoms with Crippen molar-refractivity contribution in [3.8, 4) is 11.4 Å². The minimum atomic E-state index is -0.735. The fourth-order valence-electron chi connectivity index (χ4n) is 3.85. The van der Waals surface area contributed by atoms with E-state index < -0.39 is 29.4 Å². The number of carbonyl (C=O) groups excluding carboxylic acids is 1. The van der Waals surface area contributed by atoms with Crippen molar-refractivity contribution in [2.75, 3.05) is 6.61 Å². The first kappa shape index (κ1) is 26.0. The summed E-state index contributed by atoms with van der Waals surface area (Å²) in [6.07, 6.45) is 2.14. The summed E-state index contributed by atoms with van der Waals surface area (Å²) in [6, 6.07) is 9.81. The van der Waals surface area contributed by atoms with Crippen LogP contribution in [0.4, 0.5) is 8.78 Å². The van der Waals surface area contributed by atoms with Gasteiger partial charge in [-0.05, 0) is 72.4 Å². The molecule has 36 heavy (non-hydrogen) atoms. The predicted octanol–water partition coefficient (Wildman–Crippen LogP) is 5.26. The summed E-state index contributed by atoms with van der Waals surface area (Å²) in [6.45, 7) is 3.94. The molecule has 0 spiro atoms. The summed E-state index contributed by atoms with van der Waals surface area (Å²) < 4.78 is 39.8. The Balaban J connectivity index is 1.56. The molecule has 1 aromatic heterocycles. The lowest BCUT2D eigenvalue weighted by Gasteiger charge is -2.22. The van der Waals surface area contributed by atoms with Gasteiger partial charge >= 0.3 is 0 Å². The number of hydrogen-bond donors (Lipinski definition) is 1. The largest absolute Gasteiger partial charge is 0.487 e. The lowest BCUT2D eigenvalue weighted by molar-refractivity contribution is -0.186. The molecule has 0 aliphatic carbocycles. The maximum absolute atomic E-state index is 14.0. The molecule has 1 N–H and O–H groups in total. The lowest BCUT2D eigenvalue weighted by atomic mass is 10.1. The summed E-state index contributed by atoms with van der Waals surface area (Å²) in [5, 5.41) is 0. The first-order valence-corrected chi connectivity index (χ1v) is 12.2. The summed E-state index contributed by atoms with van der Waals surface area (Å²) in [4.78, 5) is 31.3. The van der Waals surface area contributed by atoms with E-state index in [1.54, 1.807) is 31.2 Å². The number of nitrogens with one attached hydrogen (secondary N) is 1. The Morgan fingerprint density at radius 1 is 1.17 bits per heavy atom. The number of hydrogen-bond acceptors (Lipinski definition) is 5. The summed E-state index contributed by atoms with van der Waals surface area (Å²) in [5.41, 5.74) is 4.27. The lowest BCUT2D eigenvalue weighted by Crippen LogP contribution is -2.33. The van der Waals surface area contributed by atoms with E-state index in [1.165, 1.54) is 10.6 Å². The van der Waals surface area contributed by atoms with E-state index >= 15 is 0 Å². The molecule has 7 nitrogen and oxygen atoms in total. The third-order valence-electron chi connectivity index (χ3n) is 5.83. The Hall–Kier alpha value is -3.08. The van der Waals surface area contributed by atoms with Gasteiger partial charge in [0.2, 0.25) is 0 Å². The van der Waals surface area contributed by atoms with Crippen molar-refractivity contribution in [3.63, 3.8) is 0 Å². The quantitative estimate of drug-likeness (QED) is 0.397. The normalized spacial score (nSPS) is 15.5. The van der Waals surface area contributed by atoms with Crippen molar-refractivity contribution in [3.05, 3.63) is 91.3 Å². The second-order valence-electron chi connectivity index (χ2n) is 8.48. The average Bonchev–Trinajstić information content (AvgIpc) is 2.86. The molecule has 190 valence electrons. The highest BCUT2D eigenvalue weighted by Gasteiger charge is 2.19. The van der Waals surface area contributed by atoms with E-state index in [9.17, 15) is 18.4 Å². The maximum Gasteiger partial charge on any atom is 0.275 e. The molecular formula is C26H25BrF2N2O5. The number of rotatable bonds is 7. The van der Waals surface area contributed by atoms with Gasteiger partial charge in [-0.1, -0.05) is 6.07 Å². The number of hydroxylamine groups is 1. The number of halogens is 3. The number of aryl methyl sites for hydroxylation is 2. The van der Waals surface area contributed by atoms with Crippen LogP contribution in [0.5, 0.6) is 5.75 Å². The molecule has 0 radical (unpaired) electrons. The van der Waals surface area contributed by atoms with Crippen LogP contribution in [0.25, 0.3) is 5.69 Å². The summed E-state index contributed by atoms with van der Waals surface area (Å²) in [5.74, 6) is -1.67. The molecule has 1 aliphatic heterocycles. The third kappa shape index (κ3) is 5.83. The Kier molecular flexibility index (Phi) is 8.17. The monoisotopic (exact) mass is 562 g/mol. The topological polar surface area (TPSA) is 78.8 Å². The van der Waals surface area contributed by atoms with Gasteiger partial charge in [-0.25, -0.2) is 19.1 Å². The second-order valence-corrected chi connectivity index (χ2v) is 9.27. The smallest absolute Gasteiger partial charge is 0.275 e. The van der Waals surface area contributed by atoms with Crippen molar-refractivity contribution in [1.29, 1.82) is 0 Å². The molecule has 4 rings (SSSR count). The molecule has 2 aromatic carbocycles. The number of ether oxygens (including phenoxy) is 2. The Labute approximate surface area is 215 Å². The van der Waals surface area contributed by atoms with Crippen LogP contribution in [0.15, 0.2) is 51.7 Å². The van der Waals surface area contributed by atoms with E-state index in [1.807, 2.05) is 6.92 Å². The molecule has 0 saturated carbocycles. The predicted molar refractivity (Wildman–Crippen MR) is 132 cm³/mol. The van der Waals surface area contributed by atoms with Crippen LogP contribution < -0.4 is 15.8 Å². The molecule has 3 aromatic rings. The van der Waals surface area contributed by atoms with E-state index in [-0.39, 0.29) is 22.4 Å². The van der Waals surface area contributed by atoms with Gasteiger partial charge in [0.25, 0.3) is 11.5 Å². The Bertz CT molecular complexity index is 1340. The van der Waals surface area contributed by atoms with Gasteiger partial charge in [0.15, 0.2) is 6.29 Å². The van der Waals surface area contributed by atoms with Crippen molar-refractivity contribution in [2.24, 2.45) is 0 Å². The van der Waals surface area contributed by atoms with E-state index in [4.69, 9.17) is 14.3 Å². The van der Waals surface area contributed by atoms with Crippen molar-refractivity contribution < 1.29 is 27.9 Å². The van der Waals surface area contributed by atoms with Gasteiger partial charge in [-0.3, -0.25) is 14.2 Å². The van der Waals surface area contributed by atoms with E-state index in [2.05, 4.69) is 21.4 Å². The zero-order chi connectivity index (χ0) is 25.8. The molecule has 10 heteroatoms. The van der Waals surface area contributed by atoms with E-state index in [0.717, 1.165) is 30.5 Å². The molecule has 2 heterocycles. The zero-order valence-electron chi connectivity index (χ0n) is 19.8. The first-order valence-electron chi connectivity index (χ1n) is 11.4. The zero-order valence-corrected chi connectivity index (χ0v) is 21.4. The number of amides is 1. The highest BCUT2D eigenvalue weighted by atomic mass is 79.9. The summed E-state index contributed by atoms with van der Waals surface area (Å²) in [7, 11) is 0. The van der Waals surface area contributed by atoms with E-state index in [0.29, 0.717) is 30.0 Å².